The lowest BCUT2D eigenvalue weighted by Crippen LogP contribution is -2.63. The fourth-order valence-corrected chi connectivity index (χ4v) is 7.42. The minimum absolute atomic E-state index is 0.159. The number of nitrogens with zero attached hydrogens (tertiary/aromatic N) is 3. The topological polar surface area (TPSA) is 36.4 Å². The normalized spacial score (nSPS) is 31.6. The standard InChI is InChI=1S/C28H33N3O/c32-27(25-6-9-29-10-7-25)26-18-30(11-8-21-4-2-1-3-5-21)20-31(19-26)28-15-22-12-23(16-28)14-24(13-22)17-28/h1-7,9-10,18,22-24H,8,11-17,19-20H2. The number of carbonyl (C=O) groups is 1. The molecular formula is C28H33N3O. The predicted octanol–water partition coefficient (Wildman–Crippen LogP) is 4.93. The van der Waals surface area contributed by atoms with E-state index >= 15 is 0 Å². The summed E-state index contributed by atoms with van der Waals surface area (Å²) in [5.41, 5.74) is 3.35. The summed E-state index contributed by atoms with van der Waals surface area (Å²) in [6.45, 7) is 2.68. The van der Waals surface area contributed by atoms with Gasteiger partial charge in [-0.15, -0.1) is 0 Å². The van der Waals surface area contributed by atoms with Crippen molar-refractivity contribution in [2.45, 2.75) is 50.5 Å². The zero-order valence-corrected chi connectivity index (χ0v) is 18.8. The van der Waals surface area contributed by atoms with E-state index in [4.69, 9.17) is 0 Å². The molecule has 0 unspecified atom stereocenters. The zero-order valence-electron chi connectivity index (χ0n) is 18.8. The highest BCUT2D eigenvalue weighted by atomic mass is 16.1. The van der Waals surface area contributed by atoms with Crippen LogP contribution in [0.15, 0.2) is 66.6 Å². The molecule has 1 aromatic heterocycles. The van der Waals surface area contributed by atoms with Crippen LogP contribution in [0.3, 0.4) is 0 Å². The molecule has 0 amide bonds. The van der Waals surface area contributed by atoms with Gasteiger partial charge in [-0.1, -0.05) is 30.3 Å². The maximum absolute atomic E-state index is 13.4. The van der Waals surface area contributed by atoms with Crippen LogP contribution in [0.1, 0.15) is 54.4 Å². The SMILES string of the molecule is O=C(C1=CN(CCc2ccccc2)CN(C23CC4CC(CC(C4)C2)C3)C1)c1ccncc1. The van der Waals surface area contributed by atoms with Crippen LogP contribution in [-0.2, 0) is 6.42 Å². The van der Waals surface area contributed by atoms with Gasteiger partial charge >= 0.3 is 0 Å². The van der Waals surface area contributed by atoms with Crippen molar-refractivity contribution in [3.63, 3.8) is 0 Å². The summed E-state index contributed by atoms with van der Waals surface area (Å²) in [4.78, 5) is 22.7. The van der Waals surface area contributed by atoms with Crippen molar-refractivity contribution in [2.75, 3.05) is 19.8 Å². The van der Waals surface area contributed by atoms with Gasteiger partial charge in [-0.25, -0.2) is 0 Å². The smallest absolute Gasteiger partial charge is 0.191 e. The number of carbonyl (C=O) groups excluding carboxylic acids is 1. The first-order valence-electron chi connectivity index (χ1n) is 12.4. The van der Waals surface area contributed by atoms with Gasteiger partial charge in [0.05, 0.1) is 6.67 Å². The molecule has 5 aliphatic rings. The van der Waals surface area contributed by atoms with Crippen molar-refractivity contribution in [3.8, 4) is 0 Å². The van der Waals surface area contributed by atoms with Gasteiger partial charge in [0.2, 0.25) is 0 Å². The molecule has 2 heterocycles. The number of benzene rings is 1. The maximum atomic E-state index is 13.4. The van der Waals surface area contributed by atoms with Gasteiger partial charge in [0.25, 0.3) is 0 Å². The van der Waals surface area contributed by atoms with E-state index in [1.807, 2.05) is 12.1 Å². The highest BCUT2D eigenvalue weighted by Crippen LogP contribution is 2.58. The molecule has 4 saturated carbocycles. The lowest BCUT2D eigenvalue weighted by molar-refractivity contribution is -0.100. The average Bonchev–Trinajstić information content (AvgIpc) is 2.82. The Hall–Kier alpha value is -2.46. The average molecular weight is 428 g/mol. The van der Waals surface area contributed by atoms with Gasteiger partial charge in [0, 0.05) is 48.4 Å². The lowest BCUT2D eigenvalue weighted by atomic mass is 9.52. The van der Waals surface area contributed by atoms with Crippen LogP contribution in [0.2, 0.25) is 0 Å². The molecule has 2 aromatic rings. The summed E-state index contributed by atoms with van der Waals surface area (Å²) in [6, 6.07) is 14.4. The van der Waals surface area contributed by atoms with Crippen LogP contribution in [0.25, 0.3) is 0 Å². The molecule has 4 aliphatic carbocycles. The Morgan fingerprint density at radius 1 is 0.938 bits per heavy atom. The third-order valence-corrected chi connectivity index (χ3v) is 8.49. The summed E-state index contributed by atoms with van der Waals surface area (Å²) in [7, 11) is 0. The number of Topliss-reactive ketones (excluding diaryl/α,β-unsaturated/α-hetero) is 1. The third-order valence-electron chi connectivity index (χ3n) is 8.49. The van der Waals surface area contributed by atoms with E-state index in [2.05, 4.69) is 51.3 Å². The van der Waals surface area contributed by atoms with Crippen molar-refractivity contribution in [1.29, 1.82) is 0 Å². The van der Waals surface area contributed by atoms with E-state index < -0.39 is 0 Å². The van der Waals surface area contributed by atoms with Gasteiger partial charge in [0.1, 0.15) is 0 Å². The highest BCUT2D eigenvalue weighted by molar-refractivity contribution is 6.08. The molecule has 0 saturated heterocycles. The molecule has 32 heavy (non-hydrogen) atoms. The number of aromatic nitrogens is 1. The molecule has 4 bridgehead atoms. The molecule has 7 rings (SSSR count). The predicted molar refractivity (Wildman–Crippen MR) is 126 cm³/mol. The van der Waals surface area contributed by atoms with Gasteiger partial charge in [-0.2, -0.15) is 0 Å². The summed E-state index contributed by atoms with van der Waals surface area (Å²) in [5, 5.41) is 0. The van der Waals surface area contributed by atoms with E-state index in [0.717, 1.165) is 55.1 Å². The second kappa shape index (κ2) is 8.15. The first kappa shape index (κ1) is 20.2. The quantitative estimate of drug-likeness (QED) is 0.612. The zero-order chi connectivity index (χ0) is 21.5. The molecule has 1 aromatic carbocycles. The first-order chi connectivity index (χ1) is 15.7. The number of hydrogen-bond donors (Lipinski definition) is 0. The largest absolute Gasteiger partial charge is 0.364 e. The van der Waals surface area contributed by atoms with Gasteiger partial charge in [-0.3, -0.25) is 14.7 Å². The van der Waals surface area contributed by atoms with Crippen LogP contribution < -0.4 is 0 Å². The minimum Gasteiger partial charge on any atom is -0.364 e. The molecule has 1 aliphatic heterocycles. The van der Waals surface area contributed by atoms with Crippen LogP contribution >= 0.6 is 0 Å². The summed E-state index contributed by atoms with van der Waals surface area (Å²) in [5.74, 6) is 2.88. The fraction of sp³-hybridized carbons (Fsp3) is 0.500. The molecule has 166 valence electrons. The van der Waals surface area contributed by atoms with Crippen LogP contribution in [-0.4, -0.2) is 45.9 Å². The van der Waals surface area contributed by atoms with Crippen LogP contribution in [0, 0.1) is 17.8 Å². The Morgan fingerprint density at radius 3 is 2.25 bits per heavy atom. The molecule has 4 fully saturated rings. The van der Waals surface area contributed by atoms with Crippen LogP contribution in [0.4, 0.5) is 0 Å². The number of ketones is 1. The van der Waals surface area contributed by atoms with Gasteiger partial charge in [-0.05, 0) is 80.4 Å². The van der Waals surface area contributed by atoms with Crippen molar-refractivity contribution < 1.29 is 4.79 Å². The molecule has 0 atom stereocenters. The molecule has 0 radical (unpaired) electrons. The van der Waals surface area contributed by atoms with E-state index in [0.29, 0.717) is 5.54 Å². The Bertz CT molecular complexity index is 965. The van der Waals surface area contributed by atoms with E-state index in [1.54, 1.807) is 12.4 Å². The highest BCUT2D eigenvalue weighted by Gasteiger charge is 2.54. The van der Waals surface area contributed by atoms with Gasteiger partial charge < -0.3 is 4.90 Å². The van der Waals surface area contributed by atoms with E-state index in [9.17, 15) is 4.79 Å². The lowest BCUT2D eigenvalue weighted by Gasteiger charge is -2.61. The maximum Gasteiger partial charge on any atom is 0.191 e. The molecular weight excluding hydrogens is 394 g/mol. The Morgan fingerprint density at radius 2 is 1.59 bits per heavy atom. The van der Waals surface area contributed by atoms with Crippen LogP contribution in [0.5, 0.6) is 0 Å². The summed E-state index contributed by atoms with van der Waals surface area (Å²) < 4.78 is 0. The summed E-state index contributed by atoms with van der Waals surface area (Å²) in [6.07, 6.45) is 15.0. The Kier molecular flexibility index (Phi) is 5.14. The second-order valence-electron chi connectivity index (χ2n) is 10.7. The molecule has 0 N–H and O–H groups in total. The number of hydrogen-bond acceptors (Lipinski definition) is 4. The minimum atomic E-state index is 0.159. The first-order valence-corrected chi connectivity index (χ1v) is 12.4. The van der Waals surface area contributed by atoms with Crippen molar-refractivity contribution >= 4 is 5.78 Å². The second-order valence-corrected chi connectivity index (χ2v) is 10.7. The Balaban J connectivity index is 1.27. The van der Waals surface area contributed by atoms with E-state index in [1.165, 1.54) is 44.1 Å². The molecule has 4 nitrogen and oxygen atoms in total. The van der Waals surface area contributed by atoms with Crippen molar-refractivity contribution in [2.24, 2.45) is 17.8 Å². The third kappa shape index (κ3) is 3.79. The number of pyridine rings is 1. The monoisotopic (exact) mass is 427 g/mol. The van der Waals surface area contributed by atoms with Crippen molar-refractivity contribution in [1.82, 2.24) is 14.8 Å². The Labute approximate surface area is 191 Å². The van der Waals surface area contributed by atoms with E-state index in [-0.39, 0.29) is 5.78 Å². The van der Waals surface area contributed by atoms with Gasteiger partial charge in [0.15, 0.2) is 5.78 Å². The summed E-state index contributed by atoms with van der Waals surface area (Å²) >= 11 is 0. The molecule has 4 heteroatoms. The molecule has 0 spiro atoms. The number of rotatable bonds is 6. The fourth-order valence-electron chi connectivity index (χ4n) is 7.42. The van der Waals surface area contributed by atoms with Crippen molar-refractivity contribution in [3.05, 3.63) is 77.8 Å².